The van der Waals surface area contributed by atoms with Crippen LogP contribution in [0.1, 0.15) is 40.0 Å². The highest BCUT2D eigenvalue weighted by atomic mass is 16.5. The minimum absolute atomic E-state index is 0.185. The summed E-state index contributed by atoms with van der Waals surface area (Å²) in [4.78, 5) is 41.6. The van der Waals surface area contributed by atoms with Gasteiger partial charge in [-0.25, -0.2) is 19.2 Å². The number of hydrogen-bond acceptors (Lipinski definition) is 7. The number of carbonyl (C=O) groups is 4. The van der Waals surface area contributed by atoms with Gasteiger partial charge in [-0.1, -0.05) is 39.2 Å². The summed E-state index contributed by atoms with van der Waals surface area (Å²) in [7, 11) is 1.25. The number of carboxylic acid groups (broad SMARTS) is 1. The fourth-order valence-corrected chi connectivity index (χ4v) is 1.17. The molecule has 0 saturated carbocycles. The molecule has 1 N–H and O–H groups in total. The number of hydrogen-bond donors (Lipinski definition) is 1. The predicted octanol–water partition coefficient (Wildman–Crippen LogP) is 3.39. The Kier molecular flexibility index (Phi) is 22.3. The first-order valence-electron chi connectivity index (χ1n) is 8.85. The van der Waals surface area contributed by atoms with Crippen LogP contribution in [0.5, 0.6) is 0 Å². The average molecular weight is 412 g/mol. The molecule has 164 valence electrons. The van der Waals surface area contributed by atoms with Crippen LogP contribution in [0.4, 0.5) is 0 Å². The molecule has 0 heterocycles. The summed E-state index contributed by atoms with van der Waals surface area (Å²) >= 11 is 0. The first-order chi connectivity index (χ1) is 13.6. The predicted molar refractivity (Wildman–Crippen MR) is 110 cm³/mol. The number of rotatable bonds is 10. The maximum absolute atomic E-state index is 10.8. The van der Waals surface area contributed by atoms with Gasteiger partial charge in [-0.15, -0.1) is 0 Å². The standard InChI is InChI=1S/C9H12O4.C7H12O2.C5H8O2/c1-6(8(10)11)4-5-7(2)9(12)13-3;1-3-5-6-9-7(8)4-2;1-3-5(6)7-4-2/h4H,2,5H2,1,3H3,(H,10,11);4H,2-3,5-6H2,1H3;3H,1,4H2,2H3. The lowest BCUT2D eigenvalue weighted by atomic mass is 10.1. The lowest BCUT2D eigenvalue weighted by Gasteiger charge is -1.99. The maximum atomic E-state index is 10.8. The molecule has 29 heavy (non-hydrogen) atoms. The Morgan fingerprint density at radius 1 is 1.00 bits per heavy atom. The van der Waals surface area contributed by atoms with Crippen molar-refractivity contribution in [1.82, 2.24) is 0 Å². The Balaban J connectivity index is -0.000000370. The van der Waals surface area contributed by atoms with Crippen molar-refractivity contribution in [2.24, 2.45) is 0 Å². The second-order valence-electron chi connectivity index (χ2n) is 5.17. The molecule has 0 aliphatic carbocycles. The zero-order chi connectivity index (χ0) is 23.2. The van der Waals surface area contributed by atoms with Gasteiger partial charge in [0.1, 0.15) is 0 Å². The Hall–Kier alpha value is -3.16. The van der Waals surface area contributed by atoms with E-state index in [1.54, 1.807) is 6.92 Å². The van der Waals surface area contributed by atoms with Gasteiger partial charge < -0.3 is 19.3 Å². The van der Waals surface area contributed by atoms with Crippen molar-refractivity contribution in [3.05, 3.63) is 49.1 Å². The summed E-state index contributed by atoms with van der Waals surface area (Å²) in [5.74, 6) is -2.21. The van der Waals surface area contributed by atoms with Crippen molar-refractivity contribution in [3.63, 3.8) is 0 Å². The Morgan fingerprint density at radius 2 is 1.52 bits per heavy atom. The molecule has 0 rings (SSSR count). The van der Waals surface area contributed by atoms with E-state index in [4.69, 9.17) is 5.11 Å². The van der Waals surface area contributed by atoms with Gasteiger partial charge in [0, 0.05) is 23.3 Å². The number of esters is 3. The molecule has 0 aromatic carbocycles. The third-order valence-electron chi connectivity index (χ3n) is 2.83. The van der Waals surface area contributed by atoms with Gasteiger partial charge in [-0.3, -0.25) is 0 Å². The van der Waals surface area contributed by atoms with E-state index in [9.17, 15) is 19.2 Å². The molecule has 0 spiro atoms. The van der Waals surface area contributed by atoms with E-state index in [1.165, 1.54) is 26.2 Å². The highest BCUT2D eigenvalue weighted by Gasteiger charge is 2.05. The molecular weight excluding hydrogens is 380 g/mol. The van der Waals surface area contributed by atoms with Crippen molar-refractivity contribution in [2.45, 2.75) is 40.0 Å². The van der Waals surface area contributed by atoms with E-state index in [0.29, 0.717) is 13.2 Å². The minimum Gasteiger partial charge on any atom is -0.478 e. The number of ether oxygens (including phenoxy) is 3. The Morgan fingerprint density at radius 3 is 1.86 bits per heavy atom. The second kappa shape index (κ2) is 21.1. The topological polar surface area (TPSA) is 116 Å². The van der Waals surface area contributed by atoms with Crippen molar-refractivity contribution in [2.75, 3.05) is 20.3 Å². The third-order valence-corrected chi connectivity index (χ3v) is 2.83. The molecule has 0 amide bonds. The minimum atomic E-state index is -1.00. The quantitative estimate of drug-likeness (QED) is 0.251. The first-order valence-corrected chi connectivity index (χ1v) is 8.85. The van der Waals surface area contributed by atoms with E-state index in [1.807, 2.05) is 6.92 Å². The number of unbranched alkanes of at least 4 members (excludes halogenated alkanes) is 1. The van der Waals surface area contributed by atoms with Gasteiger partial charge in [0.25, 0.3) is 0 Å². The Bertz CT molecular complexity index is 587. The molecule has 0 saturated heterocycles. The van der Waals surface area contributed by atoms with Crippen LogP contribution in [-0.4, -0.2) is 49.3 Å². The second-order valence-corrected chi connectivity index (χ2v) is 5.17. The van der Waals surface area contributed by atoms with Gasteiger partial charge in [-0.05, 0) is 26.7 Å². The highest BCUT2D eigenvalue weighted by Crippen LogP contribution is 2.04. The zero-order valence-electron chi connectivity index (χ0n) is 17.7. The van der Waals surface area contributed by atoms with Crippen molar-refractivity contribution in [3.8, 4) is 0 Å². The van der Waals surface area contributed by atoms with Crippen molar-refractivity contribution < 1.29 is 38.5 Å². The maximum Gasteiger partial charge on any atom is 0.333 e. The van der Waals surface area contributed by atoms with E-state index in [0.717, 1.165) is 18.9 Å². The van der Waals surface area contributed by atoms with Crippen LogP contribution < -0.4 is 0 Å². The lowest BCUT2D eigenvalue weighted by molar-refractivity contribution is -0.138. The number of carboxylic acids is 1. The van der Waals surface area contributed by atoms with Gasteiger partial charge in [0.2, 0.25) is 0 Å². The van der Waals surface area contributed by atoms with Crippen LogP contribution in [0.15, 0.2) is 49.1 Å². The fraction of sp³-hybridized carbons (Fsp3) is 0.429. The molecule has 0 aromatic rings. The van der Waals surface area contributed by atoms with E-state index < -0.39 is 11.9 Å². The fourth-order valence-electron chi connectivity index (χ4n) is 1.17. The monoisotopic (exact) mass is 412 g/mol. The lowest BCUT2D eigenvalue weighted by Crippen LogP contribution is -2.03. The summed E-state index contributed by atoms with van der Waals surface area (Å²) in [6.07, 6.45) is 5.91. The van der Waals surface area contributed by atoms with Crippen molar-refractivity contribution >= 4 is 23.9 Å². The summed E-state index contributed by atoms with van der Waals surface area (Å²) < 4.78 is 13.5. The van der Waals surface area contributed by atoms with E-state index in [2.05, 4.69) is 33.9 Å². The van der Waals surface area contributed by atoms with Crippen LogP contribution in [0.3, 0.4) is 0 Å². The first kappa shape index (κ1) is 30.6. The van der Waals surface area contributed by atoms with Crippen molar-refractivity contribution in [1.29, 1.82) is 0 Å². The average Bonchev–Trinajstić information content (AvgIpc) is 2.71. The van der Waals surface area contributed by atoms with Gasteiger partial charge in [-0.2, -0.15) is 0 Å². The molecule has 0 aromatic heterocycles. The molecule has 0 aliphatic rings. The molecule has 0 aliphatic heterocycles. The summed E-state index contributed by atoms with van der Waals surface area (Å²) in [5, 5.41) is 8.48. The largest absolute Gasteiger partial charge is 0.478 e. The normalized spacial score (nSPS) is 9.31. The van der Waals surface area contributed by atoms with Crippen LogP contribution in [0.25, 0.3) is 0 Å². The SMILES string of the molecule is C=C(CC=C(C)C(=O)O)C(=O)OC.C=CC(=O)OCC.C=CC(=O)OCCCC. The van der Waals surface area contributed by atoms with Crippen LogP contribution in [0, 0.1) is 0 Å². The number of methoxy groups -OCH3 is 1. The molecule has 0 fully saturated rings. The number of carbonyl (C=O) groups excluding carboxylic acids is 3. The summed E-state index contributed by atoms with van der Waals surface area (Å²) in [6, 6.07) is 0. The van der Waals surface area contributed by atoms with Gasteiger partial charge in [0.15, 0.2) is 0 Å². The van der Waals surface area contributed by atoms with Gasteiger partial charge in [0.05, 0.1) is 20.3 Å². The summed E-state index contributed by atoms with van der Waals surface area (Å²) in [5.41, 5.74) is 0.424. The molecule has 0 bridgehead atoms. The number of allylic oxidation sites excluding steroid dienone is 1. The van der Waals surface area contributed by atoms with Crippen LogP contribution in [0.2, 0.25) is 0 Å². The van der Waals surface area contributed by atoms with Crippen LogP contribution >= 0.6 is 0 Å². The smallest absolute Gasteiger partial charge is 0.333 e. The number of aliphatic carboxylic acids is 1. The van der Waals surface area contributed by atoms with Crippen LogP contribution in [-0.2, 0) is 33.4 Å². The molecule has 8 heteroatoms. The summed E-state index contributed by atoms with van der Waals surface area (Å²) in [6.45, 7) is 16.1. The molecule has 8 nitrogen and oxygen atoms in total. The highest BCUT2D eigenvalue weighted by molar-refractivity contribution is 5.89. The molecule has 0 radical (unpaired) electrons. The molecule has 0 atom stereocenters. The van der Waals surface area contributed by atoms with Gasteiger partial charge >= 0.3 is 23.9 Å². The third kappa shape index (κ3) is 22.8. The molecule has 0 unspecified atom stereocenters. The van der Waals surface area contributed by atoms with E-state index in [-0.39, 0.29) is 29.5 Å². The Labute approximate surface area is 172 Å². The zero-order valence-corrected chi connectivity index (χ0v) is 17.7. The molecular formula is C21H32O8. The van der Waals surface area contributed by atoms with E-state index >= 15 is 0 Å².